The van der Waals surface area contributed by atoms with E-state index in [1.165, 1.54) is 30.5 Å². The molecular formula is C16H22ClN3. The third-order valence-corrected chi connectivity index (χ3v) is 3.92. The Morgan fingerprint density at radius 1 is 1.35 bits per heavy atom. The SMILES string of the molecule is CNCC1CCN(Cc2cnc3ccccc3c2)C1.Cl. The Balaban J connectivity index is 0.00000147. The minimum atomic E-state index is 0. The molecule has 0 radical (unpaired) electrons. The van der Waals surface area contributed by atoms with E-state index in [2.05, 4.69) is 39.5 Å². The number of halogens is 1. The Labute approximate surface area is 126 Å². The second-order valence-corrected chi connectivity index (χ2v) is 5.48. The van der Waals surface area contributed by atoms with Crippen LogP contribution in [0, 0.1) is 5.92 Å². The van der Waals surface area contributed by atoms with Crippen LogP contribution in [0.3, 0.4) is 0 Å². The number of aromatic nitrogens is 1. The Kier molecular flexibility index (Phi) is 5.35. The first kappa shape index (κ1) is 15.2. The molecule has 0 aliphatic carbocycles. The fraction of sp³-hybridized carbons (Fsp3) is 0.438. The van der Waals surface area contributed by atoms with Gasteiger partial charge in [-0.2, -0.15) is 0 Å². The van der Waals surface area contributed by atoms with Crippen molar-refractivity contribution in [3.8, 4) is 0 Å². The molecule has 2 aromatic rings. The van der Waals surface area contributed by atoms with Gasteiger partial charge < -0.3 is 5.32 Å². The van der Waals surface area contributed by atoms with Crippen LogP contribution in [0.2, 0.25) is 0 Å². The van der Waals surface area contributed by atoms with E-state index in [1.807, 2.05) is 19.3 Å². The summed E-state index contributed by atoms with van der Waals surface area (Å²) in [5.74, 6) is 0.804. The van der Waals surface area contributed by atoms with E-state index < -0.39 is 0 Å². The molecule has 0 spiro atoms. The van der Waals surface area contributed by atoms with Gasteiger partial charge in [-0.05, 0) is 50.2 Å². The van der Waals surface area contributed by atoms with Crippen LogP contribution in [0.1, 0.15) is 12.0 Å². The molecule has 1 aliphatic rings. The second-order valence-electron chi connectivity index (χ2n) is 5.48. The highest BCUT2D eigenvalue weighted by Crippen LogP contribution is 2.19. The third-order valence-electron chi connectivity index (χ3n) is 3.92. The molecule has 20 heavy (non-hydrogen) atoms. The molecule has 0 saturated carbocycles. The number of hydrogen-bond acceptors (Lipinski definition) is 3. The van der Waals surface area contributed by atoms with Crippen molar-refractivity contribution in [1.82, 2.24) is 15.2 Å². The van der Waals surface area contributed by atoms with Crippen LogP contribution >= 0.6 is 12.4 Å². The molecule has 1 N–H and O–H groups in total. The molecule has 4 heteroatoms. The van der Waals surface area contributed by atoms with E-state index in [9.17, 15) is 0 Å². The third kappa shape index (κ3) is 3.48. The van der Waals surface area contributed by atoms with Crippen molar-refractivity contribution >= 4 is 23.3 Å². The van der Waals surface area contributed by atoms with E-state index in [0.717, 1.165) is 24.5 Å². The number of hydrogen-bond donors (Lipinski definition) is 1. The molecule has 0 bridgehead atoms. The van der Waals surface area contributed by atoms with Gasteiger partial charge in [0, 0.05) is 24.7 Å². The zero-order valence-corrected chi connectivity index (χ0v) is 12.7. The molecule has 0 amide bonds. The molecule has 3 rings (SSSR count). The smallest absolute Gasteiger partial charge is 0.0702 e. The Morgan fingerprint density at radius 3 is 3.05 bits per heavy atom. The van der Waals surface area contributed by atoms with Gasteiger partial charge in [0.2, 0.25) is 0 Å². The summed E-state index contributed by atoms with van der Waals surface area (Å²) in [6.45, 7) is 4.57. The normalized spacial score (nSPS) is 19.1. The first-order chi connectivity index (χ1) is 9.35. The van der Waals surface area contributed by atoms with Crippen molar-refractivity contribution in [1.29, 1.82) is 0 Å². The quantitative estimate of drug-likeness (QED) is 0.939. The highest BCUT2D eigenvalue weighted by molar-refractivity contribution is 5.85. The number of nitrogens with zero attached hydrogens (tertiary/aromatic N) is 2. The largest absolute Gasteiger partial charge is 0.319 e. The average molecular weight is 292 g/mol. The molecule has 1 unspecified atom stereocenters. The Hall–Kier alpha value is -1.16. The molecule has 108 valence electrons. The fourth-order valence-corrected chi connectivity index (χ4v) is 2.97. The van der Waals surface area contributed by atoms with Gasteiger partial charge in [-0.25, -0.2) is 0 Å². The van der Waals surface area contributed by atoms with Crippen LogP contribution in [0.4, 0.5) is 0 Å². The maximum Gasteiger partial charge on any atom is 0.0702 e. The average Bonchev–Trinajstić information content (AvgIpc) is 2.86. The Bertz CT molecular complexity index is 558. The van der Waals surface area contributed by atoms with E-state index in [4.69, 9.17) is 0 Å². The number of nitrogens with one attached hydrogen (secondary N) is 1. The van der Waals surface area contributed by atoms with Crippen molar-refractivity contribution in [3.63, 3.8) is 0 Å². The first-order valence-corrected chi connectivity index (χ1v) is 7.06. The molecular weight excluding hydrogens is 270 g/mol. The molecule has 1 aromatic carbocycles. The van der Waals surface area contributed by atoms with Gasteiger partial charge in [-0.15, -0.1) is 12.4 Å². The Morgan fingerprint density at radius 2 is 2.20 bits per heavy atom. The summed E-state index contributed by atoms with van der Waals surface area (Å²) >= 11 is 0. The topological polar surface area (TPSA) is 28.2 Å². The lowest BCUT2D eigenvalue weighted by atomic mass is 10.1. The van der Waals surface area contributed by atoms with E-state index >= 15 is 0 Å². The summed E-state index contributed by atoms with van der Waals surface area (Å²) < 4.78 is 0. The van der Waals surface area contributed by atoms with Crippen molar-refractivity contribution < 1.29 is 0 Å². The lowest BCUT2D eigenvalue weighted by Crippen LogP contribution is -2.24. The van der Waals surface area contributed by atoms with Gasteiger partial charge in [-0.3, -0.25) is 9.88 Å². The monoisotopic (exact) mass is 291 g/mol. The highest BCUT2D eigenvalue weighted by atomic mass is 35.5. The van der Waals surface area contributed by atoms with Crippen LogP contribution in [0.15, 0.2) is 36.5 Å². The highest BCUT2D eigenvalue weighted by Gasteiger charge is 2.21. The number of rotatable bonds is 4. The molecule has 1 fully saturated rings. The molecule has 1 saturated heterocycles. The number of likely N-dealkylation sites (tertiary alicyclic amines) is 1. The van der Waals surface area contributed by atoms with E-state index in [1.54, 1.807) is 0 Å². The number of para-hydroxylation sites is 1. The molecule has 2 heterocycles. The van der Waals surface area contributed by atoms with Gasteiger partial charge in [0.15, 0.2) is 0 Å². The van der Waals surface area contributed by atoms with Gasteiger partial charge in [0.25, 0.3) is 0 Å². The molecule has 3 nitrogen and oxygen atoms in total. The maximum absolute atomic E-state index is 4.54. The van der Waals surface area contributed by atoms with Crippen LogP contribution < -0.4 is 5.32 Å². The maximum atomic E-state index is 4.54. The summed E-state index contributed by atoms with van der Waals surface area (Å²) in [5.41, 5.74) is 2.41. The van der Waals surface area contributed by atoms with Gasteiger partial charge in [-0.1, -0.05) is 18.2 Å². The molecule has 1 atom stereocenters. The zero-order valence-electron chi connectivity index (χ0n) is 11.9. The fourth-order valence-electron chi connectivity index (χ4n) is 2.97. The van der Waals surface area contributed by atoms with Crippen LogP contribution in [0.5, 0.6) is 0 Å². The number of pyridine rings is 1. The summed E-state index contributed by atoms with van der Waals surface area (Å²) in [7, 11) is 2.04. The standard InChI is InChI=1S/C16H21N3.ClH/c1-17-9-13-6-7-19(11-13)12-14-8-15-4-2-3-5-16(15)18-10-14;/h2-5,8,10,13,17H,6-7,9,11-12H2,1H3;1H. The summed E-state index contributed by atoms with van der Waals surface area (Å²) in [5, 5.41) is 4.52. The van der Waals surface area contributed by atoms with E-state index in [0.29, 0.717) is 0 Å². The van der Waals surface area contributed by atoms with Gasteiger partial charge in [0.1, 0.15) is 0 Å². The minimum Gasteiger partial charge on any atom is -0.319 e. The minimum absolute atomic E-state index is 0. The number of fused-ring (bicyclic) bond motifs is 1. The van der Waals surface area contributed by atoms with Crippen LogP contribution in [0.25, 0.3) is 10.9 Å². The summed E-state index contributed by atoms with van der Waals surface area (Å²) in [4.78, 5) is 7.08. The number of benzene rings is 1. The van der Waals surface area contributed by atoms with Gasteiger partial charge in [0.05, 0.1) is 5.52 Å². The van der Waals surface area contributed by atoms with Crippen LogP contribution in [-0.4, -0.2) is 36.6 Å². The van der Waals surface area contributed by atoms with Gasteiger partial charge >= 0.3 is 0 Å². The lowest BCUT2D eigenvalue weighted by Gasteiger charge is -2.16. The van der Waals surface area contributed by atoms with Crippen LogP contribution in [-0.2, 0) is 6.54 Å². The predicted octanol–water partition coefficient (Wildman–Crippen LogP) is 2.70. The van der Waals surface area contributed by atoms with Crippen molar-refractivity contribution in [3.05, 3.63) is 42.1 Å². The lowest BCUT2D eigenvalue weighted by molar-refractivity contribution is 0.315. The molecule has 1 aromatic heterocycles. The van der Waals surface area contributed by atoms with Crippen molar-refractivity contribution in [2.24, 2.45) is 5.92 Å². The van der Waals surface area contributed by atoms with Crippen molar-refractivity contribution in [2.75, 3.05) is 26.7 Å². The second kappa shape index (κ2) is 7.02. The first-order valence-electron chi connectivity index (χ1n) is 7.06. The van der Waals surface area contributed by atoms with Crippen molar-refractivity contribution in [2.45, 2.75) is 13.0 Å². The summed E-state index contributed by atoms with van der Waals surface area (Å²) in [6.07, 6.45) is 3.33. The molecule has 1 aliphatic heterocycles. The van der Waals surface area contributed by atoms with E-state index in [-0.39, 0.29) is 12.4 Å². The summed E-state index contributed by atoms with van der Waals surface area (Å²) in [6, 6.07) is 10.6. The predicted molar refractivity (Wildman–Crippen MR) is 86.3 cm³/mol. The zero-order chi connectivity index (χ0) is 13.1.